The smallest absolute Gasteiger partial charge is 0.00510 e. The molecule has 0 heterocycles. The lowest BCUT2D eigenvalue weighted by Gasteiger charge is -2.07. The number of hydrogen-bond donors (Lipinski definition) is 1. The molecule has 0 unspecified atom stereocenters. The molecule has 0 spiro atoms. The van der Waals surface area contributed by atoms with Gasteiger partial charge < -0.3 is 5.73 Å². The molecule has 0 radical (unpaired) electrons. The summed E-state index contributed by atoms with van der Waals surface area (Å²) >= 11 is 0. The average molecular weight is 149 g/mol. The van der Waals surface area contributed by atoms with Gasteiger partial charge in [0.05, 0.1) is 0 Å². The van der Waals surface area contributed by atoms with E-state index in [9.17, 15) is 0 Å². The van der Waals surface area contributed by atoms with E-state index in [0.29, 0.717) is 0 Å². The van der Waals surface area contributed by atoms with Crippen LogP contribution in [0, 0.1) is 6.92 Å². The average Bonchev–Trinajstić information content (AvgIpc) is 1.93. The molecule has 1 rings (SSSR count). The summed E-state index contributed by atoms with van der Waals surface area (Å²) in [5, 5.41) is 0. The highest BCUT2D eigenvalue weighted by Gasteiger charge is 1.99. The lowest BCUT2D eigenvalue weighted by molar-refractivity contribution is 0.735. The monoisotopic (exact) mass is 149 g/mol. The highest BCUT2D eigenvalue weighted by Crippen LogP contribution is 2.08. The molecule has 0 saturated heterocycles. The molecule has 0 amide bonds. The van der Waals surface area contributed by atoms with E-state index >= 15 is 0 Å². The SMILES string of the molecule is Cc1ccccc1C[C@H](C)N. The Morgan fingerprint density at radius 2 is 2.00 bits per heavy atom. The molecule has 1 nitrogen and oxygen atoms in total. The molecule has 0 bridgehead atoms. The van der Waals surface area contributed by atoms with Crippen molar-refractivity contribution in [3.05, 3.63) is 35.4 Å². The van der Waals surface area contributed by atoms with Gasteiger partial charge in [-0.2, -0.15) is 0 Å². The van der Waals surface area contributed by atoms with Gasteiger partial charge in [-0.15, -0.1) is 0 Å². The zero-order valence-electron chi connectivity index (χ0n) is 7.17. The quantitative estimate of drug-likeness (QED) is 0.682. The van der Waals surface area contributed by atoms with E-state index in [2.05, 4.69) is 31.2 Å². The molecule has 1 aromatic rings. The first-order valence-corrected chi connectivity index (χ1v) is 4.00. The fourth-order valence-corrected chi connectivity index (χ4v) is 1.19. The molecule has 0 aromatic heterocycles. The van der Waals surface area contributed by atoms with Crippen LogP contribution in [0.25, 0.3) is 0 Å². The molecule has 1 atom stereocenters. The number of aryl methyl sites for hydroxylation is 1. The minimum absolute atomic E-state index is 0.260. The largest absolute Gasteiger partial charge is 0.328 e. The van der Waals surface area contributed by atoms with Crippen LogP contribution < -0.4 is 5.73 Å². The second kappa shape index (κ2) is 3.54. The van der Waals surface area contributed by atoms with Gasteiger partial charge in [0.2, 0.25) is 0 Å². The molecule has 1 aromatic carbocycles. The van der Waals surface area contributed by atoms with Gasteiger partial charge in [0.25, 0.3) is 0 Å². The zero-order chi connectivity index (χ0) is 8.27. The molecule has 0 saturated carbocycles. The maximum Gasteiger partial charge on any atom is 0.00510 e. The first kappa shape index (κ1) is 8.28. The highest BCUT2D eigenvalue weighted by molar-refractivity contribution is 5.26. The third kappa shape index (κ3) is 2.35. The second-order valence-electron chi connectivity index (χ2n) is 3.11. The normalized spacial score (nSPS) is 13.0. The van der Waals surface area contributed by atoms with Crippen LogP contribution in [0.15, 0.2) is 24.3 Å². The number of nitrogens with two attached hydrogens (primary N) is 1. The Balaban J connectivity index is 2.78. The van der Waals surface area contributed by atoms with Crippen molar-refractivity contribution >= 4 is 0 Å². The summed E-state index contributed by atoms with van der Waals surface area (Å²) in [6.45, 7) is 4.16. The molecular weight excluding hydrogens is 134 g/mol. The Hall–Kier alpha value is -0.820. The predicted molar refractivity (Wildman–Crippen MR) is 48.5 cm³/mol. The summed E-state index contributed by atoms with van der Waals surface area (Å²) in [5.74, 6) is 0. The molecular formula is C10H15N. The van der Waals surface area contributed by atoms with Crippen LogP contribution >= 0.6 is 0 Å². The van der Waals surface area contributed by atoms with Gasteiger partial charge in [0, 0.05) is 6.04 Å². The standard InChI is InChI=1S/C10H15N/c1-8-5-3-4-6-10(8)7-9(2)11/h3-6,9H,7,11H2,1-2H3/t9-/m0/s1. The Morgan fingerprint density at radius 3 is 2.55 bits per heavy atom. The molecule has 0 aliphatic carbocycles. The Morgan fingerprint density at radius 1 is 1.36 bits per heavy atom. The third-order valence-corrected chi connectivity index (χ3v) is 1.80. The molecule has 0 fully saturated rings. The van der Waals surface area contributed by atoms with Crippen molar-refractivity contribution in [2.75, 3.05) is 0 Å². The minimum atomic E-state index is 0.260. The molecule has 60 valence electrons. The first-order chi connectivity index (χ1) is 5.20. The van der Waals surface area contributed by atoms with Crippen molar-refractivity contribution in [2.24, 2.45) is 5.73 Å². The first-order valence-electron chi connectivity index (χ1n) is 4.00. The Kier molecular flexibility index (Phi) is 2.66. The number of hydrogen-bond acceptors (Lipinski definition) is 1. The molecule has 11 heavy (non-hydrogen) atoms. The van der Waals surface area contributed by atoms with Crippen LogP contribution in [-0.4, -0.2) is 6.04 Å². The van der Waals surface area contributed by atoms with Gasteiger partial charge in [-0.3, -0.25) is 0 Å². The van der Waals surface area contributed by atoms with E-state index in [1.54, 1.807) is 0 Å². The summed E-state index contributed by atoms with van der Waals surface area (Å²) in [6.07, 6.45) is 0.979. The fraction of sp³-hybridized carbons (Fsp3) is 0.400. The van der Waals surface area contributed by atoms with Gasteiger partial charge in [-0.05, 0) is 31.4 Å². The van der Waals surface area contributed by atoms with E-state index in [4.69, 9.17) is 5.73 Å². The van der Waals surface area contributed by atoms with E-state index in [1.165, 1.54) is 11.1 Å². The second-order valence-corrected chi connectivity index (χ2v) is 3.11. The lowest BCUT2D eigenvalue weighted by atomic mass is 10.0. The molecule has 1 heteroatoms. The topological polar surface area (TPSA) is 26.0 Å². The summed E-state index contributed by atoms with van der Waals surface area (Å²) in [4.78, 5) is 0. The van der Waals surface area contributed by atoms with Crippen molar-refractivity contribution in [2.45, 2.75) is 26.3 Å². The minimum Gasteiger partial charge on any atom is -0.328 e. The van der Waals surface area contributed by atoms with Crippen molar-refractivity contribution in [3.8, 4) is 0 Å². The predicted octanol–water partition coefficient (Wildman–Crippen LogP) is 1.88. The summed E-state index contributed by atoms with van der Waals surface area (Å²) < 4.78 is 0. The summed E-state index contributed by atoms with van der Waals surface area (Å²) in [5.41, 5.74) is 8.39. The van der Waals surface area contributed by atoms with Crippen molar-refractivity contribution in [3.63, 3.8) is 0 Å². The number of rotatable bonds is 2. The van der Waals surface area contributed by atoms with E-state index in [-0.39, 0.29) is 6.04 Å². The number of benzene rings is 1. The van der Waals surface area contributed by atoms with Gasteiger partial charge in [0.15, 0.2) is 0 Å². The van der Waals surface area contributed by atoms with E-state index < -0.39 is 0 Å². The fourth-order valence-electron chi connectivity index (χ4n) is 1.19. The van der Waals surface area contributed by atoms with Crippen LogP contribution in [0.4, 0.5) is 0 Å². The van der Waals surface area contributed by atoms with Crippen molar-refractivity contribution < 1.29 is 0 Å². The van der Waals surface area contributed by atoms with Crippen molar-refractivity contribution in [1.82, 2.24) is 0 Å². The lowest BCUT2D eigenvalue weighted by Crippen LogP contribution is -2.18. The Bertz CT molecular complexity index is 228. The van der Waals surface area contributed by atoms with Crippen LogP contribution in [-0.2, 0) is 6.42 Å². The van der Waals surface area contributed by atoms with Crippen LogP contribution in [0.3, 0.4) is 0 Å². The molecule has 0 aliphatic rings. The van der Waals surface area contributed by atoms with E-state index in [0.717, 1.165) is 6.42 Å². The Labute approximate surface area is 68.2 Å². The van der Waals surface area contributed by atoms with Crippen LogP contribution in [0.5, 0.6) is 0 Å². The van der Waals surface area contributed by atoms with E-state index in [1.807, 2.05) is 6.92 Å². The van der Waals surface area contributed by atoms with Crippen molar-refractivity contribution in [1.29, 1.82) is 0 Å². The zero-order valence-corrected chi connectivity index (χ0v) is 7.17. The van der Waals surface area contributed by atoms with Gasteiger partial charge in [0.1, 0.15) is 0 Å². The van der Waals surface area contributed by atoms with Gasteiger partial charge in [-0.25, -0.2) is 0 Å². The van der Waals surface area contributed by atoms with Gasteiger partial charge >= 0.3 is 0 Å². The summed E-state index contributed by atoms with van der Waals surface area (Å²) in [6, 6.07) is 8.64. The van der Waals surface area contributed by atoms with Crippen LogP contribution in [0.2, 0.25) is 0 Å². The maximum absolute atomic E-state index is 5.69. The molecule has 0 aliphatic heterocycles. The summed E-state index contributed by atoms with van der Waals surface area (Å²) in [7, 11) is 0. The third-order valence-electron chi connectivity index (χ3n) is 1.80. The van der Waals surface area contributed by atoms with Gasteiger partial charge in [-0.1, -0.05) is 24.3 Å². The highest BCUT2D eigenvalue weighted by atomic mass is 14.6. The maximum atomic E-state index is 5.69. The van der Waals surface area contributed by atoms with Crippen LogP contribution in [0.1, 0.15) is 18.1 Å². The molecule has 2 N–H and O–H groups in total.